The Morgan fingerprint density at radius 3 is 2.68 bits per heavy atom. The number of rotatable bonds is 7. The number of hydrogen-bond acceptors (Lipinski definition) is 5. The number of alkyl halides is 4. The first-order valence-electron chi connectivity index (χ1n) is 8.79. The quantitative estimate of drug-likeness (QED) is 0.455. The number of esters is 1. The van der Waals surface area contributed by atoms with Crippen LogP contribution in [0.3, 0.4) is 0 Å². The zero-order valence-electron chi connectivity index (χ0n) is 15.4. The van der Waals surface area contributed by atoms with Gasteiger partial charge in [-0.1, -0.05) is 22.0 Å². The zero-order chi connectivity index (χ0) is 20.7. The average molecular weight is 467 g/mol. The Hall–Kier alpha value is -1.97. The van der Waals surface area contributed by atoms with Gasteiger partial charge in [-0.2, -0.15) is 0 Å². The van der Waals surface area contributed by atoms with Crippen molar-refractivity contribution in [1.29, 1.82) is 0 Å². The molecule has 28 heavy (non-hydrogen) atoms. The number of carbonyl (C=O) groups excluding carboxylic acids is 2. The third-order valence-corrected chi connectivity index (χ3v) is 4.96. The summed E-state index contributed by atoms with van der Waals surface area (Å²) in [5.74, 6) is -0.972. The molecule has 1 saturated heterocycles. The number of methoxy groups -OCH3 is 1. The van der Waals surface area contributed by atoms with Gasteiger partial charge in [0.05, 0.1) is 7.11 Å². The Labute approximate surface area is 169 Å². The number of amides is 1. The van der Waals surface area contributed by atoms with Crippen molar-refractivity contribution < 1.29 is 32.2 Å². The molecule has 0 bridgehead atoms. The number of benzene rings is 1. The highest BCUT2D eigenvalue weighted by atomic mass is 79.9. The Balaban J connectivity index is 2.13. The SMILES string of the molecule is COC(=O)C(CCCBr)N1CCN(c2cccc(OC(F)(F)F)c2)CCC1=O. The van der Waals surface area contributed by atoms with Crippen LogP contribution in [-0.4, -0.2) is 61.3 Å². The number of anilines is 1. The molecule has 0 radical (unpaired) electrons. The van der Waals surface area contributed by atoms with E-state index in [1.165, 1.54) is 30.2 Å². The minimum absolute atomic E-state index is 0.145. The first kappa shape index (κ1) is 22.3. The summed E-state index contributed by atoms with van der Waals surface area (Å²) in [6, 6.07) is 4.96. The highest BCUT2D eigenvalue weighted by molar-refractivity contribution is 9.09. The van der Waals surface area contributed by atoms with Gasteiger partial charge in [0.2, 0.25) is 5.91 Å². The van der Waals surface area contributed by atoms with Crippen LogP contribution in [0.2, 0.25) is 0 Å². The third kappa shape index (κ3) is 6.29. The standard InChI is InChI=1S/C18H22BrF3N2O4/c1-27-17(26)15(6-3-8-19)24-11-10-23(9-7-16(24)25)13-4-2-5-14(12-13)28-18(20,21)22/h2,4-5,12,15H,3,6-11H2,1H3. The van der Waals surface area contributed by atoms with Crippen molar-refractivity contribution >= 4 is 33.5 Å². The lowest BCUT2D eigenvalue weighted by atomic mass is 10.1. The molecule has 156 valence electrons. The molecule has 0 N–H and O–H groups in total. The van der Waals surface area contributed by atoms with Crippen LogP contribution in [-0.2, 0) is 14.3 Å². The van der Waals surface area contributed by atoms with Crippen LogP contribution in [0.4, 0.5) is 18.9 Å². The van der Waals surface area contributed by atoms with Crippen molar-refractivity contribution in [2.75, 3.05) is 37.0 Å². The van der Waals surface area contributed by atoms with Gasteiger partial charge in [-0.15, -0.1) is 13.2 Å². The molecule has 1 aromatic carbocycles. The molecule has 1 aromatic rings. The average Bonchev–Trinajstić information content (AvgIpc) is 2.83. The van der Waals surface area contributed by atoms with Gasteiger partial charge in [-0.25, -0.2) is 4.79 Å². The molecule has 2 rings (SSSR count). The fourth-order valence-electron chi connectivity index (χ4n) is 3.11. The van der Waals surface area contributed by atoms with Crippen LogP contribution in [0.25, 0.3) is 0 Å². The molecule has 1 fully saturated rings. The van der Waals surface area contributed by atoms with Crippen LogP contribution >= 0.6 is 15.9 Å². The predicted octanol–water partition coefficient (Wildman–Crippen LogP) is 3.34. The lowest BCUT2D eigenvalue weighted by molar-refractivity contribution is -0.274. The molecule has 1 amide bonds. The zero-order valence-corrected chi connectivity index (χ0v) is 17.0. The highest BCUT2D eigenvalue weighted by Gasteiger charge is 2.33. The minimum Gasteiger partial charge on any atom is -0.467 e. The molecule has 0 aromatic heterocycles. The number of carbonyl (C=O) groups is 2. The van der Waals surface area contributed by atoms with E-state index >= 15 is 0 Å². The molecule has 10 heteroatoms. The molecule has 6 nitrogen and oxygen atoms in total. The molecular formula is C18H22BrF3N2O4. The summed E-state index contributed by atoms with van der Waals surface area (Å²) in [7, 11) is 1.28. The maximum Gasteiger partial charge on any atom is 0.573 e. The second-order valence-corrected chi connectivity index (χ2v) is 7.03. The molecular weight excluding hydrogens is 445 g/mol. The molecule has 0 aliphatic carbocycles. The van der Waals surface area contributed by atoms with E-state index < -0.39 is 18.4 Å². The Morgan fingerprint density at radius 1 is 1.29 bits per heavy atom. The van der Waals surface area contributed by atoms with Gasteiger partial charge in [-0.05, 0) is 25.0 Å². The van der Waals surface area contributed by atoms with Crippen molar-refractivity contribution in [1.82, 2.24) is 4.90 Å². The van der Waals surface area contributed by atoms with E-state index in [1.54, 1.807) is 11.0 Å². The van der Waals surface area contributed by atoms with E-state index in [0.29, 0.717) is 36.9 Å². The molecule has 1 aliphatic rings. The van der Waals surface area contributed by atoms with E-state index in [1.807, 2.05) is 0 Å². The number of nitrogens with zero attached hydrogens (tertiary/aromatic N) is 2. The van der Waals surface area contributed by atoms with Crippen molar-refractivity contribution in [3.8, 4) is 5.75 Å². The Bertz CT molecular complexity index is 687. The first-order chi connectivity index (χ1) is 13.2. The van der Waals surface area contributed by atoms with Crippen molar-refractivity contribution in [3.05, 3.63) is 24.3 Å². The fraction of sp³-hybridized carbons (Fsp3) is 0.556. The van der Waals surface area contributed by atoms with E-state index in [9.17, 15) is 22.8 Å². The second kappa shape index (κ2) is 9.99. The number of hydrogen-bond donors (Lipinski definition) is 0. The minimum atomic E-state index is -4.77. The lowest BCUT2D eigenvalue weighted by Gasteiger charge is -2.29. The largest absolute Gasteiger partial charge is 0.573 e. The van der Waals surface area contributed by atoms with Crippen LogP contribution < -0.4 is 9.64 Å². The van der Waals surface area contributed by atoms with Crippen LogP contribution in [0, 0.1) is 0 Å². The Morgan fingerprint density at radius 2 is 2.04 bits per heavy atom. The van der Waals surface area contributed by atoms with Gasteiger partial charge in [0.25, 0.3) is 0 Å². The molecule has 1 unspecified atom stereocenters. The maximum absolute atomic E-state index is 12.6. The predicted molar refractivity (Wildman–Crippen MR) is 101 cm³/mol. The normalized spacial score (nSPS) is 16.5. The number of ether oxygens (including phenoxy) is 2. The van der Waals surface area contributed by atoms with Crippen molar-refractivity contribution in [3.63, 3.8) is 0 Å². The summed E-state index contributed by atoms with van der Waals surface area (Å²) in [4.78, 5) is 28.0. The first-order valence-corrected chi connectivity index (χ1v) is 9.91. The summed E-state index contributed by atoms with van der Waals surface area (Å²) in [5, 5.41) is 0.695. The van der Waals surface area contributed by atoms with Gasteiger partial charge in [-0.3, -0.25) is 4.79 Å². The maximum atomic E-state index is 12.6. The fourth-order valence-corrected chi connectivity index (χ4v) is 3.44. The Kier molecular flexibility index (Phi) is 7.97. The van der Waals surface area contributed by atoms with E-state index in [2.05, 4.69) is 20.7 Å². The lowest BCUT2D eigenvalue weighted by Crippen LogP contribution is -2.46. The highest BCUT2D eigenvalue weighted by Crippen LogP contribution is 2.28. The molecule has 0 saturated carbocycles. The second-order valence-electron chi connectivity index (χ2n) is 6.24. The topological polar surface area (TPSA) is 59.1 Å². The summed E-state index contributed by atoms with van der Waals surface area (Å²) in [6.07, 6.45) is -3.46. The molecule has 1 heterocycles. The van der Waals surface area contributed by atoms with Gasteiger partial charge >= 0.3 is 12.3 Å². The van der Waals surface area contributed by atoms with Crippen LogP contribution in [0.5, 0.6) is 5.75 Å². The summed E-state index contributed by atoms with van der Waals surface area (Å²) in [6.45, 7) is 0.978. The monoisotopic (exact) mass is 466 g/mol. The van der Waals surface area contributed by atoms with E-state index in [0.717, 1.165) is 0 Å². The van der Waals surface area contributed by atoms with Gasteiger partial charge in [0.1, 0.15) is 11.8 Å². The van der Waals surface area contributed by atoms with Crippen molar-refractivity contribution in [2.24, 2.45) is 0 Å². The smallest absolute Gasteiger partial charge is 0.467 e. The summed E-state index contributed by atoms with van der Waals surface area (Å²) >= 11 is 3.32. The van der Waals surface area contributed by atoms with Gasteiger partial charge in [0, 0.05) is 43.1 Å². The number of halogens is 4. The van der Waals surface area contributed by atoms with Gasteiger partial charge in [0.15, 0.2) is 0 Å². The van der Waals surface area contributed by atoms with Gasteiger partial charge < -0.3 is 19.3 Å². The van der Waals surface area contributed by atoms with Crippen molar-refractivity contribution in [2.45, 2.75) is 31.7 Å². The molecule has 0 spiro atoms. The summed E-state index contributed by atoms with van der Waals surface area (Å²) in [5.41, 5.74) is 0.520. The van der Waals surface area contributed by atoms with E-state index in [4.69, 9.17) is 4.74 Å². The van der Waals surface area contributed by atoms with Crippen LogP contribution in [0.15, 0.2) is 24.3 Å². The third-order valence-electron chi connectivity index (χ3n) is 4.40. The van der Waals surface area contributed by atoms with Crippen LogP contribution in [0.1, 0.15) is 19.3 Å². The summed E-state index contributed by atoms with van der Waals surface area (Å²) < 4.78 is 46.2. The van der Waals surface area contributed by atoms with E-state index in [-0.39, 0.29) is 24.6 Å². The molecule has 1 atom stereocenters. The molecule has 1 aliphatic heterocycles.